The Morgan fingerprint density at radius 3 is 2.52 bits per heavy atom. The number of hydrogen-bond acceptors (Lipinski definition) is 4. The Kier molecular flexibility index (Phi) is 5.61. The number of amides is 2. The van der Waals surface area contributed by atoms with Crippen molar-refractivity contribution < 1.29 is 36.0 Å². The summed E-state index contributed by atoms with van der Waals surface area (Å²) in [4.78, 5) is 24.5. The van der Waals surface area contributed by atoms with Crippen molar-refractivity contribution in [2.45, 2.75) is 19.8 Å². The maximum Gasteiger partial charge on any atom is 0.262 e. The summed E-state index contributed by atoms with van der Waals surface area (Å²) in [5.41, 5.74) is -2.98. The van der Waals surface area contributed by atoms with E-state index in [1.165, 1.54) is 17.5 Å². The molecule has 3 rings (SSSR count). The minimum absolute atomic E-state index is 0.0444. The second-order valence-corrected chi connectivity index (χ2v) is 7.31. The lowest BCUT2D eigenvalue weighted by Crippen LogP contribution is -2.25. The second-order valence-electron chi connectivity index (χ2n) is 6.39. The van der Waals surface area contributed by atoms with Crippen molar-refractivity contribution in [3.63, 3.8) is 0 Å². The van der Waals surface area contributed by atoms with Crippen LogP contribution in [0.3, 0.4) is 0 Å². The van der Waals surface area contributed by atoms with Gasteiger partial charge in [0.25, 0.3) is 11.8 Å². The van der Waals surface area contributed by atoms with Gasteiger partial charge >= 0.3 is 0 Å². The molecule has 0 bridgehead atoms. The molecular weight excluding hydrogens is 436 g/mol. The Bertz CT molecular complexity index is 1180. The number of ether oxygens (including phenoxy) is 1. The maximum absolute atomic E-state index is 14.8. The van der Waals surface area contributed by atoms with Crippen molar-refractivity contribution in [1.29, 1.82) is 0 Å². The maximum atomic E-state index is 14.8. The van der Waals surface area contributed by atoms with Gasteiger partial charge in [0.15, 0.2) is 23.3 Å². The quantitative estimate of drug-likeness (QED) is 0.473. The van der Waals surface area contributed by atoms with Crippen molar-refractivity contribution in [1.82, 2.24) is 5.32 Å². The third-order valence-electron chi connectivity index (χ3n) is 4.45. The van der Waals surface area contributed by atoms with Gasteiger partial charge in [-0.25, -0.2) is 17.6 Å². The van der Waals surface area contributed by atoms with Crippen molar-refractivity contribution in [2.24, 2.45) is 0 Å². The zero-order chi connectivity index (χ0) is 25.2. The third kappa shape index (κ3) is 4.34. The number of halogens is 4. The lowest BCUT2D eigenvalue weighted by Gasteiger charge is -2.17. The number of nitrogens with one attached hydrogen (secondary N) is 2. The Labute approximate surface area is 183 Å². The number of hydrogen-bond donors (Lipinski definition) is 2. The minimum Gasteiger partial charge on any atom is -0.501 e. The van der Waals surface area contributed by atoms with Crippen LogP contribution in [0.4, 0.5) is 23.2 Å². The number of methoxy groups -OCH3 is 1. The summed E-state index contributed by atoms with van der Waals surface area (Å²) in [7, 11) is -2.81. The van der Waals surface area contributed by atoms with Crippen LogP contribution in [-0.2, 0) is 4.74 Å². The molecule has 2 amide bonds. The monoisotopic (exact) mass is 457 g/mol. The highest BCUT2D eigenvalue weighted by Crippen LogP contribution is 2.35. The standard InChI is InChI=1S/C21H18F4N2O3S/c1-3-26-21(29)19-12(7-8-31-19)20(28)27-18-16(24)14(22)13(15(23)17(18)25)10-5-4-6-11(9-10)30-2/h5,7-9H,3-4,6H2,1-2H3,(H,26,29)(H,27,28)/i2D3. The fourth-order valence-corrected chi connectivity index (χ4v) is 3.82. The van der Waals surface area contributed by atoms with Crippen LogP contribution in [0.5, 0.6) is 0 Å². The Balaban J connectivity index is 1.97. The molecule has 1 aromatic carbocycles. The predicted molar refractivity (Wildman–Crippen MR) is 109 cm³/mol. The molecule has 1 aliphatic rings. The van der Waals surface area contributed by atoms with Crippen LogP contribution in [0.25, 0.3) is 5.57 Å². The average molecular weight is 457 g/mol. The van der Waals surface area contributed by atoms with Crippen molar-refractivity contribution in [3.05, 3.63) is 68.6 Å². The molecule has 0 saturated carbocycles. The first-order valence-electron chi connectivity index (χ1n) is 10.6. The predicted octanol–water partition coefficient (Wildman–Crippen LogP) is 5.01. The first-order chi connectivity index (χ1) is 15.9. The van der Waals surface area contributed by atoms with Crippen LogP contribution in [0.15, 0.2) is 29.4 Å². The van der Waals surface area contributed by atoms with Crippen LogP contribution in [0.2, 0.25) is 0 Å². The smallest absolute Gasteiger partial charge is 0.262 e. The van der Waals surface area contributed by atoms with Gasteiger partial charge in [-0.2, -0.15) is 0 Å². The molecule has 0 fully saturated rings. The van der Waals surface area contributed by atoms with Gasteiger partial charge in [0, 0.05) is 13.0 Å². The lowest BCUT2D eigenvalue weighted by molar-refractivity contribution is 0.0946. The van der Waals surface area contributed by atoms with Crippen LogP contribution in [0, 0.1) is 23.3 Å². The van der Waals surface area contributed by atoms with E-state index in [1.807, 2.05) is 0 Å². The summed E-state index contributed by atoms with van der Waals surface area (Å²) in [6, 6.07) is 1.23. The van der Waals surface area contributed by atoms with E-state index in [4.69, 9.17) is 8.85 Å². The van der Waals surface area contributed by atoms with E-state index in [0.29, 0.717) is 0 Å². The number of carbonyl (C=O) groups excluding carboxylic acids is 2. The van der Waals surface area contributed by atoms with Gasteiger partial charge in [-0.15, -0.1) is 11.3 Å². The Hall–Kier alpha value is -3.14. The van der Waals surface area contributed by atoms with Crippen molar-refractivity contribution in [3.8, 4) is 0 Å². The van der Waals surface area contributed by atoms with E-state index >= 15 is 0 Å². The topological polar surface area (TPSA) is 67.4 Å². The zero-order valence-electron chi connectivity index (χ0n) is 19.1. The molecule has 10 heteroatoms. The molecule has 1 aliphatic carbocycles. The first-order valence-corrected chi connectivity index (χ1v) is 9.95. The van der Waals surface area contributed by atoms with Gasteiger partial charge in [-0.05, 0) is 36.4 Å². The van der Waals surface area contributed by atoms with Gasteiger partial charge in [-0.1, -0.05) is 6.08 Å². The van der Waals surface area contributed by atoms with E-state index in [1.54, 1.807) is 12.2 Å². The van der Waals surface area contributed by atoms with Gasteiger partial charge in [0.2, 0.25) is 0 Å². The molecule has 1 aromatic heterocycles. The largest absolute Gasteiger partial charge is 0.501 e. The number of benzene rings is 1. The molecule has 2 aromatic rings. The van der Waals surface area contributed by atoms with E-state index in [0.717, 1.165) is 17.4 Å². The highest BCUT2D eigenvalue weighted by atomic mass is 32.1. The molecule has 5 nitrogen and oxygen atoms in total. The summed E-state index contributed by atoms with van der Waals surface area (Å²) >= 11 is 0.902. The van der Waals surface area contributed by atoms with Gasteiger partial charge in [-0.3, -0.25) is 9.59 Å². The number of rotatable bonds is 6. The van der Waals surface area contributed by atoms with E-state index in [9.17, 15) is 27.2 Å². The first kappa shape index (κ1) is 18.6. The summed E-state index contributed by atoms with van der Waals surface area (Å²) in [6.45, 7) is 1.92. The van der Waals surface area contributed by atoms with E-state index in [2.05, 4.69) is 5.32 Å². The Morgan fingerprint density at radius 1 is 1.16 bits per heavy atom. The summed E-state index contributed by atoms with van der Waals surface area (Å²) < 4.78 is 85.3. The molecule has 0 spiro atoms. The van der Waals surface area contributed by atoms with Crippen LogP contribution in [0.1, 0.15) is 49.5 Å². The molecule has 0 radical (unpaired) electrons. The number of anilines is 1. The SMILES string of the molecule is [2H]C([2H])([2H])OC1=CC(c2c(F)c(F)c(NC(=O)c3ccsc3C(=O)NCC)c(F)c2F)=CCC1. The highest BCUT2D eigenvalue weighted by molar-refractivity contribution is 7.12. The average Bonchev–Trinajstić information content (AvgIpc) is 3.25. The van der Waals surface area contributed by atoms with Gasteiger partial charge in [0.05, 0.1) is 28.0 Å². The van der Waals surface area contributed by atoms with E-state index in [-0.39, 0.29) is 41.2 Å². The molecule has 0 atom stereocenters. The Morgan fingerprint density at radius 2 is 1.87 bits per heavy atom. The number of allylic oxidation sites excluding steroid dienone is 4. The lowest BCUT2D eigenvalue weighted by atomic mass is 9.96. The van der Waals surface area contributed by atoms with Gasteiger partial charge in [0.1, 0.15) is 10.6 Å². The molecule has 0 unspecified atom stereocenters. The highest BCUT2D eigenvalue weighted by Gasteiger charge is 2.29. The molecule has 0 saturated heterocycles. The van der Waals surface area contributed by atoms with Gasteiger partial charge < -0.3 is 15.4 Å². The fourth-order valence-electron chi connectivity index (χ4n) is 3.01. The molecular formula is C21H18F4N2O3S. The summed E-state index contributed by atoms with van der Waals surface area (Å²) in [5.74, 6) is -9.18. The molecule has 0 aliphatic heterocycles. The van der Waals surface area contributed by atoms with Crippen LogP contribution >= 0.6 is 11.3 Å². The summed E-state index contributed by atoms with van der Waals surface area (Å²) in [5, 5.41) is 5.67. The fraction of sp³-hybridized carbons (Fsp3) is 0.238. The minimum atomic E-state index is -2.81. The third-order valence-corrected chi connectivity index (χ3v) is 5.36. The molecule has 1 heterocycles. The van der Waals surface area contributed by atoms with Crippen LogP contribution in [-0.4, -0.2) is 25.4 Å². The molecule has 31 heavy (non-hydrogen) atoms. The second kappa shape index (κ2) is 9.34. The van der Waals surface area contributed by atoms with E-state index < -0.39 is 53.4 Å². The van der Waals surface area contributed by atoms with Crippen LogP contribution < -0.4 is 10.6 Å². The number of carbonyl (C=O) groups is 2. The zero-order valence-corrected chi connectivity index (χ0v) is 16.9. The normalized spacial score (nSPS) is 15.2. The summed E-state index contributed by atoms with van der Waals surface area (Å²) in [6.07, 6.45) is 2.48. The number of thiophene rings is 1. The van der Waals surface area contributed by atoms with Crippen molar-refractivity contribution in [2.75, 3.05) is 18.9 Å². The molecule has 164 valence electrons. The van der Waals surface area contributed by atoms with Crippen molar-refractivity contribution >= 4 is 34.4 Å². The molecule has 2 N–H and O–H groups in total.